The lowest BCUT2D eigenvalue weighted by atomic mass is 9.79. The normalized spacial score (nSPS) is 18.6. The lowest BCUT2D eigenvalue weighted by molar-refractivity contribution is -0.139. The molecule has 0 spiro atoms. The van der Waals surface area contributed by atoms with Gasteiger partial charge in [-0.15, -0.1) is 0 Å². The molecule has 2 aromatic carbocycles. The monoisotopic (exact) mass is 406 g/mol. The number of hydrogen-bond donors (Lipinski definition) is 0. The Hall–Kier alpha value is -2.88. The summed E-state index contributed by atoms with van der Waals surface area (Å²) < 4.78 is 10.5. The molecular weight excluding hydrogens is 376 g/mol. The summed E-state index contributed by atoms with van der Waals surface area (Å²) in [6, 6.07) is 16.4. The predicted octanol–water partition coefficient (Wildman–Crippen LogP) is 5.92. The average molecular weight is 407 g/mol. The van der Waals surface area contributed by atoms with E-state index in [0.29, 0.717) is 24.2 Å². The number of carbonyl (C=O) groups is 2. The number of rotatable bonds is 7. The topological polar surface area (TPSA) is 52.6 Å². The first kappa shape index (κ1) is 21.8. The summed E-state index contributed by atoms with van der Waals surface area (Å²) in [5, 5.41) is 0. The van der Waals surface area contributed by atoms with Gasteiger partial charge in [-0.25, -0.2) is 4.79 Å². The third kappa shape index (κ3) is 5.82. The van der Waals surface area contributed by atoms with Gasteiger partial charge in [0.2, 0.25) is 0 Å². The number of ether oxygens (including phenoxy) is 2. The molecule has 4 heteroatoms. The van der Waals surface area contributed by atoms with Crippen LogP contribution in [0.4, 0.5) is 0 Å². The fourth-order valence-corrected chi connectivity index (χ4v) is 3.82. The molecule has 0 bridgehead atoms. The first-order chi connectivity index (χ1) is 14.5. The molecule has 2 aromatic rings. The number of benzene rings is 2. The smallest absolute Gasteiger partial charge is 0.330 e. The molecule has 0 radical (unpaired) electrons. The van der Waals surface area contributed by atoms with E-state index in [4.69, 9.17) is 9.47 Å². The van der Waals surface area contributed by atoms with Crippen LogP contribution in [0.25, 0.3) is 11.1 Å². The van der Waals surface area contributed by atoms with Crippen molar-refractivity contribution in [1.82, 2.24) is 0 Å². The van der Waals surface area contributed by atoms with Crippen LogP contribution < -0.4 is 4.74 Å². The zero-order valence-corrected chi connectivity index (χ0v) is 17.8. The molecule has 158 valence electrons. The largest absolute Gasteiger partial charge is 0.462 e. The van der Waals surface area contributed by atoms with E-state index in [-0.39, 0.29) is 17.9 Å². The molecule has 0 unspecified atom stereocenters. The summed E-state index contributed by atoms with van der Waals surface area (Å²) in [6.07, 6.45) is 5.61. The van der Waals surface area contributed by atoms with Gasteiger partial charge >= 0.3 is 11.9 Å². The lowest BCUT2D eigenvalue weighted by Crippen LogP contribution is -2.19. The van der Waals surface area contributed by atoms with Crippen LogP contribution in [0.2, 0.25) is 0 Å². The van der Waals surface area contributed by atoms with E-state index in [1.165, 1.54) is 11.6 Å². The maximum Gasteiger partial charge on any atom is 0.330 e. The van der Waals surface area contributed by atoms with Crippen LogP contribution in [-0.4, -0.2) is 18.5 Å². The Bertz CT molecular complexity index is 857. The molecule has 0 heterocycles. The Balaban J connectivity index is 1.55. The van der Waals surface area contributed by atoms with Crippen molar-refractivity contribution in [2.45, 2.75) is 45.4 Å². The van der Waals surface area contributed by atoms with Crippen molar-refractivity contribution in [2.24, 2.45) is 11.8 Å². The van der Waals surface area contributed by atoms with Gasteiger partial charge in [0.25, 0.3) is 0 Å². The molecule has 1 aliphatic rings. The number of esters is 2. The van der Waals surface area contributed by atoms with E-state index in [2.05, 4.69) is 30.8 Å². The van der Waals surface area contributed by atoms with Gasteiger partial charge < -0.3 is 9.47 Å². The maximum atomic E-state index is 11.7. The van der Waals surface area contributed by atoms with Gasteiger partial charge in [-0.05, 0) is 66.3 Å². The molecule has 30 heavy (non-hydrogen) atoms. The first-order valence-corrected chi connectivity index (χ1v) is 10.7. The summed E-state index contributed by atoms with van der Waals surface area (Å²) in [7, 11) is 0. The van der Waals surface area contributed by atoms with Crippen molar-refractivity contribution in [3.63, 3.8) is 0 Å². The third-order valence-electron chi connectivity index (χ3n) is 5.73. The Labute approximate surface area is 178 Å². The van der Waals surface area contributed by atoms with Gasteiger partial charge in [0.1, 0.15) is 5.75 Å². The highest BCUT2D eigenvalue weighted by Gasteiger charge is 2.23. The van der Waals surface area contributed by atoms with E-state index in [9.17, 15) is 9.59 Å². The van der Waals surface area contributed by atoms with Gasteiger partial charge in [0.15, 0.2) is 0 Å². The van der Waals surface area contributed by atoms with Crippen LogP contribution in [0.1, 0.15) is 51.0 Å². The van der Waals surface area contributed by atoms with Gasteiger partial charge in [0, 0.05) is 6.08 Å². The second kappa shape index (κ2) is 10.2. The molecule has 0 saturated heterocycles. The van der Waals surface area contributed by atoms with Crippen LogP contribution in [0, 0.1) is 11.8 Å². The van der Waals surface area contributed by atoms with Crippen LogP contribution in [-0.2, 0) is 14.3 Å². The summed E-state index contributed by atoms with van der Waals surface area (Å²) in [5.74, 6) is 0.884. The third-order valence-corrected chi connectivity index (χ3v) is 5.73. The number of carbonyl (C=O) groups excluding carboxylic acids is 2. The van der Waals surface area contributed by atoms with Crippen molar-refractivity contribution < 1.29 is 19.1 Å². The predicted molar refractivity (Wildman–Crippen MR) is 118 cm³/mol. The summed E-state index contributed by atoms with van der Waals surface area (Å²) in [4.78, 5) is 22.9. The molecule has 0 amide bonds. The minimum absolute atomic E-state index is 0.144. The summed E-state index contributed by atoms with van der Waals surface area (Å²) in [5.41, 5.74) is 3.60. The van der Waals surface area contributed by atoms with E-state index in [1.807, 2.05) is 38.1 Å². The van der Waals surface area contributed by atoms with Crippen molar-refractivity contribution in [3.8, 4) is 16.9 Å². The minimum atomic E-state index is -0.334. The Morgan fingerprint density at radius 1 is 0.967 bits per heavy atom. The van der Waals surface area contributed by atoms with E-state index >= 15 is 0 Å². The highest BCUT2D eigenvalue weighted by Crippen LogP contribution is 2.36. The van der Waals surface area contributed by atoms with E-state index in [1.54, 1.807) is 0 Å². The van der Waals surface area contributed by atoms with Crippen molar-refractivity contribution >= 4 is 11.9 Å². The first-order valence-electron chi connectivity index (χ1n) is 10.7. The zero-order chi connectivity index (χ0) is 21.5. The molecule has 0 aromatic heterocycles. The fraction of sp³-hybridized carbons (Fsp3) is 0.385. The summed E-state index contributed by atoms with van der Waals surface area (Å²) in [6.45, 7) is 7.58. The standard InChI is InChI=1S/C26H30O4/c1-4-25(27)29-17-19-5-7-20(8-6-19)21-9-11-22(12-10-21)23-13-15-24(16-14-23)30-26(28)18(2)3/h4,9-16,18-20H,1,5-8,17H2,2-3H3. The van der Waals surface area contributed by atoms with E-state index in [0.717, 1.165) is 36.8 Å². The molecule has 4 nitrogen and oxygen atoms in total. The van der Waals surface area contributed by atoms with E-state index < -0.39 is 0 Å². The number of hydrogen-bond acceptors (Lipinski definition) is 4. The molecule has 1 aliphatic carbocycles. The molecular formula is C26H30O4. The Morgan fingerprint density at radius 2 is 1.53 bits per heavy atom. The molecule has 0 atom stereocenters. The van der Waals surface area contributed by atoms with Crippen LogP contribution >= 0.6 is 0 Å². The average Bonchev–Trinajstić information content (AvgIpc) is 2.78. The Kier molecular flexibility index (Phi) is 7.45. The molecule has 1 fully saturated rings. The SMILES string of the molecule is C=CC(=O)OCC1CCC(c2ccc(-c3ccc(OC(=O)C(C)C)cc3)cc2)CC1. The highest BCUT2D eigenvalue weighted by atomic mass is 16.5. The molecule has 1 saturated carbocycles. The van der Waals surface area contributed by atoms with Crippen molar-refractivity contribution in [3.05, 3.63) is 66.7 Å². The minimum Gasteiger partial charge on any atom is -0.462 e. The van der Waals surface area contributed by atoms with Gasteiger partial charge in [-0.3, -0.25) is 4.79 Å². The maximum absolute atomic E-state index is 11.7. The highest BCUT2D eigenvalue weighted by molar-refractivity contribution is 5.81. The molecule has 0 N–H and O–H groups in total. The fourth-order valence-electron chi connectivity index (χ4n) is 3.82. The quantitative estimate of drug-likeness (QED) is 0.325. The van der Waals surface area contributed by atoms with Crippen LogP contribution in [0.5, 0.6) is 5.75 Å². The van der Waals surface area contributed by atoms with Crippen molar-refractivity contribution in [2.75, 3.05) is 6.61 Å². The van der Waals surface area contributed by atoms with Gasteiger partial charge in [-0.1, -0.05) is 56.8 Å². The lowest BCUT2D eigenvalue weighted by Gasteiger charge is -2.28. The molecule has 3 rings (SSSR count). The van der Waals surface area contributed by atoms with Gasteiger partial charge in [0.05, 0.1) is 12.5 Å². The molecule has 0 aliphatic heterocycles. The Morgan fingerprint density at radius 3 is 2.07 bits per heavy atom. The second-order valence-corrected chi connectivity index (χ2v) is 8.27. The van der Waals surface area contributed by atoms with Crippen molar-refractivity contribution in [1.29, 1.82) is 0 Å². The van der Waals surface area contributed by atoms with Crippen LogP contribution in [0.3, 0.4) is 0 Å². The van der Waals surface area contributed by atoms with Gasteiger partial charge in [-0.2, -0.15) is 0 Å². The summed E-state index contributed by atoms with van der Waals surface area (Å²) >= 11 is 0. The second-order valence-electron chi connectivity index (χ2n) is 8.27. The zero-order valence-electron chi connectivity index (χ0n) is 17.8. The van der Waals surface area contributed by atoms with Crippen LogP contribution in [0.15, 0.2) is 61.2 Å².